The summed E-state index contributed by atoms with van der Waals surface area (Å²) in [4.78, 5) is 4.86. The van der Waals surface area contributed by atoms with Crippen molar-refractivity contribution in [2.24, 2.45) is 10.9 Å². The Morgan fingerprint density at radius 3 is 2.52 bits per heavy atom. The summed E-state index contributed by atoms with van der Waals surface area (Å²) in [6.45, 7) is 0.350. The summed E-state index contributed by atoms with van der Waals surface area (Å²) >= 11 is 0. The van der Waals surface area contributed by atoms with Gasteiger partial charge in [-0.05, 0) is 76.2 Å². The maximum absolute atomic E-state index is 13.3. The lowest BCUT2D eigenvalue weighted by atomic mass is 9.77. The van der Waals surface area contributed by atoms with Gasteiger partial charge in [-0.2, -0.15) is 0 Å². The van der Waals surface area contributed by atoms with Gasteiger partial charge in [-0.3, -0.25) is 4.99 Å². The maximum Gasteiger partial charge on any atom is 0.129 e. The Bertz CT molecular complexity index is 1720. The van der Waals surface area contributed by atoms with Gasteiger partial charge in [0.25, 0.3) is 0 Å². The summed E-state index contributed by atoms with van der Waals surface area (Å²) in [6, 6.07) is 36.2. The van der Waals surface area contributed by atoms with E-state index in [9.17, 15) is 4.39 Å². The van der Waals surface area contributed by atoms with Crippen LogP contribution in [-0.4, -0.2) is 6.21 Å². The number of rotatable bonds is 6. The summed E-state index contributed by atoms with van der Waals surface area (Å²) in [5.41, 5.74) is 6.62. The van der Waals surface area contributed by atoms with Crippen molar-refractivity contribution in [3.63, 3.8) is 0 Å². The number of para-hydroxylation sites is 1. The fourth-order valence-corrected chi connectivity index (χ4v) is 6.06. The number of nitrogens with zero attached hydrogens (tertiary/aromatic N) is 1. The Kier molecular flexibility index (Phi) is 6.37. The number of halogens is 1. The van der Waals surface area contributed by atoms with Crippen LogP contribution in [0.3, 0.4) is 0 Å². The van der Waals surface area contributed by atoms with Gasteiger partial charge in [-0.1, -0.05) is 84.9 Å². The van der Waals surface area contributed by atoms with Crippen molar-refractivity contribution >= 4 is 28.4 Å². The van der Waals surface area contributed by atoms with Crippen molar-refractivity contribution in [3.8, 4) is 5.75 Å². The van der Waals surface area contributed by atoms with Crippen LogP contribution in [-0.2, 0) is 6.61 Å². The molecule has 1 heterocycles. The minimum absolute atomic E-state index is 0.253. The van der Waals surface area contributed by atoms with Crippen LogP contribution >= 0.6 is 0 Å². The molecule has 0 saturated carbocycles. The van der Waals surface area contributed by atoms with Crippen LogP contribution in [0.1, 0.15) is 40.6 Å². The molecule has 1 aliphatic carbocycles. The SMILES string of the molecule is Fc1ccc(COc2ccc3ccccc3c2C=Nc2ccc([C@@H]3Nc4ccccc4[C@@H]4C=CC[C@@H]43)cc2)cc1. The van der Waals surface area contributed by atoms with E-state index >= 15 is 0 Å². The molecule has 1 N–H and O–H groups in total. The molecule has 2 aliphatic rings. The molecule has 5 aromatic rings. The summed E-state index contributed by atoms with van der Waals surface area (Å²) < 4.78 is 19.5. The molecule has 4 heteroatoms. The molecule has 0 unspecified atom stereocenters. The average Bonchev–Trinajstić information content (AvgIpc) is 3.50. The van der Waals surface area contributed by atoms with E-state index in [-0.39, 0.29) is 11.9 Å². The molecular formula is C36H29FN2O. The normalized spacial score (nSPS) is 19.4. The number of benzene rings is 5. The highest BCUT2D eigenvalue weighted by atomic mass is 19.1. The lowest BCUT2D eigenvalue weighted by Crippen LogP contribution is -2.28. The number of aliphatic imine (C=N–C) groups is 1. The van der Waals surface area contributed by atoms with Gasteiger partial charge in [0.2, 0.25) is 0 Å². The molecule has 0 spiro atoms. The van der Waals surface area contributed by atoms with Crippen molar-refractivity contribution in [1.29, 1.82) is 0 Å². The van der Waals surface area contributed by atoms with Crippen molar-refractivity contribution < 1.29 is 9.13 Å². The lowest BCUT2D eigenvalue weighted by Gasteiger charge is -2.37. The first-order valence-corrected chi connectivity index (χ1v) is 13.8. The van der Waals surface area contributed by atoms with Crippen molar-refractivity contribution in [2.75, 3.05) is 5.32 Å². The third-order valence-corrected chi connectivity index (χ3v) is 8.11. The van der Waals surface area contributed by atoms with Gasteiger partial charge in [0.15, 0.2) is 0 Å². The van der Waals surface area contributed by atoms with Crippen molar-refractivity contribution in [1.82, 2.24) is 0 Å². The fraction of sp³-hybridized carbons (Fsp3) is 0.139. The van der Waals surface area contributed by atoms with Crippen molar-refractivity contribution in [2.45, 2.75) is 25.0 Å². The molecule has 40 heavy (non-hydrogen) atoms. The van der Waals surface area contributed by atoms with Crippen LogP contribution in [0.25, 0.3) is 10.8 Å². The molecule has 1 aliphatic heterocycles. The Labute approximate surface area is 233 Å². The molecule has 0 aromatic heterocycles. The van der Waals surface area contributed by atoms with Crippen LogP contribution in [0.5, 0.6) is 5.75 Å². The Balaban J connectivity index is 1.15. The number of hydrogen-bond donors (Lipinski definition) is 1. The standard InChI is InChI=1S/C36H29FN2O/c37-27-17-12-24(13-18-27)23-40-35-21-16-25-6-1-2-7-29(25)33(35)22-38-28-19-14-26(15-20-28)36-32-10-5-9-30(32)31-8-3-4-11-34(31)39-36/h1-9,11-22,30,32,36,39H,10,23H2/t30-,32-,36-/m0/s1. The average molecular weight is 525 g/mol. The van der Waals surface area contributed by atoms with E-state index in [0.29, 0.717) is 18.4 Å². The Morgan fingerprint density at radius 1 is 0.850 bits per heavy atom. The molecule has 0 saturated heterocycles. The second-order valence-electron chi connectivity index (χ2n) is 10.5. The predicted octanol–water partition coefficient (Wildman–Crippen LogP) is 9.13. The monoisotopic (exact) mass is 524 g/mol. The molecule has 3 atom stereocenters. The Hall–Kier alpha value is -4.70. The quantitative estimate of drug-likeness (QED) is 0.177. The van der Waals surface area contributed by atoms with Crippen LogP contribution in [0.4, 0.5) is 15.8 Å². The number of nitrogens with one attached hydrogen (secondary N) is 1. The highest BCUT2D eigenvalue weighted by molar-refractivity contribution is 6.03. The van der Waals surface area contributed by atoms with Gasteiger partial charge in [-0.25, -0.2) is 4.39 Å². The van der Waals surface area contributed by atoms with Crippen LogP contribution in [0.2, 0.25) is 0 Å². The molecule has 0 bridgehead atoms. The predicted molar refractivity (Wildman–Crippen MR) is 161 cm³/mol. The first-order chi connectivity index (χ1) is 19.7. The molecule has 7 rings (SSSR count). The first kappa shape index (κ1) is 24.3. The van der Waals surface area contributed by atoms with Gasteiger partial charge in [0.1, 0.15) is 18.2 Å². The highest BCUT2D eigenvalue weighted by Crippen LogP contribution is 2.49. The number of allylic oxidation sites excluding steroid dienone is 2. The topological polar surface area (TPSA) is 33.6 Å². The van der Waals surface area contributed by atoms with E-state index in [2.05, 4.69) is 84.2 Å². The minimum atomic E-state index is -0.253. The Morgan fingerprint density at radius 2 is 1.65 bits per heavy atom. The van der Waals surface area contributed by atoms with Crippen LogP contribution in [0.15, 0.2) is 126 Å². The van der Waals surface area contributed by atoms with E-state index in [1.165, 1.54) is 28.9 Å². The molecule has 0 fully saturated rings. The van der Waals surface area contributed by atoms with E-state index in [1.807, 2.05) is 24.4 Å². The number of anilines is 1. The summed E-state index contributed by atoms with van der Waals surface area (Å²) in [5, 5.41) is 6.00. The summed E-state index contributed by atoms with van der Waals surface area (Å²) in [5.74, 6) is 1.46. The van der Waals surface area contributed by atoms with Crippen LogP contribution in [0, 0.1) is 11.7 Å². The molecular weight excluding hydrogens is 495 g/mol. The van der Waals surface area contributed by atoms with Gasteiger partial charge in [0, 0.05) is 23.4 Å². The molecule has 0 radical (unpaired) electrons. The van der Waals surface area contributed by atoms with Crippen molar-refractivity contribution in [3.05, 3.63) is 149 Å². The smallest absolute Gasteiger partial charge is 0.129 e. The summed E-state index contributed by atoms with van der Waals surface area (Å²) in [7, 11) is 0. The molecule has 196 valence electrons. The fourth-order valence-electron chi connectivity index (χ4n) is 6.06. The maximum atomic E-state index is 13.3. The first-order valence-electron chi connectivity index (χ1n) is 13.8. The van der Waals surface area contributed by atoms with E-state index in [1.54, 1.807) is 12.1 Å². The van der Waals surface area contributed by atoms with Gasteiger partial charge in [0.05, 0.1) is 11.7 Å². The zero-order chi connectivity index (χ0) is 26.9. The lowest BCUT2D eigenvalue weighted by molar-refractivity contribution is 0.306. The minimum Gasteiger partial charge on any atom is -0.488 e. The van der Waals surface area contributed by atoms with Crippen LogP contribution < -0.4 is 10.1 Å². The zero-order valence-corrected chi connectivity index (χ0v) is 22.0. The van der Waals surface area contributed by atoms with E-state index in [4.69, 9.17) is 9.73 Å². The highest BCUT2D eigenvalue weighted by Gasteiger charge is 2.37. The number of hydrogen-bond acceptors (Lipinski definition) is 3. The third kappa shape index (κ3) is 4.66. The molecule has 5 aromatic carbocycles. The third-order valence-electron chi connectivity index (χ3n) is 8.11. The van der Waals surface area contributed by atoms with E-state index in [0.717, 1.165) is 39.8 Å². The summed E-state index contributed by atoms with van der Waals surface area (Å²) in [6.07, 6.45) is 7.67. The second kappa shape index (κ2) is 10.5. The van der Waals surface area contributed by atoms with Gasteiger partial charge < -0.3 is 10.1 Å². The largest absolute Gasteiger partial charge is 0.488 e. The van der Waals surface area contributed by atoms with Gasteiger partial charge >= 0.3 is 0 Å². The number of fused-ring (bicyclic) bond motifs is 4. The zero-order valence-electron chi connectivity index (χ0n) is 22.0. The second-order valence-corrected chi connectivity index (χ2v) is 10.5. The molecule has 3 nitrogen and oxygen atoms in total. The molecule has 0 amide bonds. The van der Waals surface area contributed by atoms with Gasteiger partial charge in [-0.15, -0.1) is 0 Å². The van der Waals surface area contributed by atoms with E-state index < -0.39 is 0 Å². The number of ether oxygens (including phenoxy) is 1.